The maximum Gasteiger partial charge on any atom is 0.332 e. The Morgan fingerprint density at radius 2 is 1.74 bits per heavy atom. The normalized spacial score (nSPS) is 19.6. The summed E-state index contributed by atoms with van der Waals surface area (Å²) in [5.41, 5.74) is 0.821. The van der Waals surface area contributed by atoms with Crippen LogP contribution in [0.15, 0.2) is 41.3 Å². The average molecular weight is 486 g/mol. The molecule has 0 saturated carbocycles. The molecule has 9 nitrogen and oxygen atoms in total. The summed E-state index contributed by atoms with van der Waals surface area (Å²) >= 11 is 1.56. The van der Waals surface area contributed by atoms with Gasteiger partial charge in [0.25, 0.3) is 11.8 Å². The van der Waals surface area contributed by atoms with Crippen molar-refractivity contribution in [3.63, 3.8) is 0 Å². The number of rotatable bonds is 7. The minimum atomic E-state index is -0.649. The fourth-order valence-electron chi connectivity index (χ4n) is 4.34. The quantitative estimate of drug-likeness (QED) is 0.475. The molecule has 1 N–H and O–H groups in total. The fraction of sp³-hybridized carbons (Fsp3) is 0.375. The molecule has 2 fully saturated rings. The Kier molecular flexibility index (Phi) is 6.87. The van der Waals surface area contributed by atoms with Gasteiger partial charge in [0.05, 0.1) is 32.6 Å². The van der Waals surface area contributed by atoms with Crippen molar-refractivity contribution in [3.05, 3.63) is 42.0 Å². The SMILES string of the molecule is COc1cc(OC)cc(N2C(=O)[C@H]3C[C@@H](NC(=O)c4ccc(SC)cc4OC)CCN3C2=O)c1. The molecule has 0 unspecified atom stereocenters. The predicted molar refractivity (Wildman–Crippen MR) is 128 cm³/mol. The van der Waals surface area contributed by atoms with Crippen molar-refractivity contribution in [2.24, 2.45) is 0 Å². The van der Waals surface area contributed by atoms with Gasteiger partial charge in [-0.05, 0) is 37.3 Å². The Hall–Kier alpha value is -3.40. The molecule has 2 saturated heterocycles. The van der Waals surface area contributed by atoms with Gasteiger partial charge in [0.2, 0.25) is 0 Å². The lowest BCUT2D eigenvalue weighted by molar-refractivity contribution is -0.120. The molecule has 2 aromatic rings. The number of piperidine rings is 1. The van der Waals surface area contributed by atoms with Crippen LogP contribution >= 0.6 is 11.8 Å². The zero-order chi connectivity index (χ0) is 24.4. The van der Waals surface area contributed by atoms with E-state index in [4.69, 9.17) is 14.2 Å². The highest BCUT2D eigenvalue weighted by molar-refractivity contribution is 7.98. The molecule has 4 amide bonds. The molecule has 0 aromatic heterocycles. The van der Waals surface area contributed by atoms with E-state index in [-0.39, 0.29) is 23.9 Å². The molecular formula is C24H27N3O6S. The number of thioether (sulfide) groups is 1. The third kappa shape index (κ3) is 4.37. The van der Waals surface area contributed by atoms with Crippen LogP contribution in [-0.4, -0.2) is 69.0 Å². The largest absolute Gasteiger partial charge is 0.497 e. The van der Waals surface area contributed by atoms with E-state index in [0.29, 0.717) is 47.9 Å². The van der Waals surface area contributed by atoms with Gasteiger partial charge in [0.15, 0.2) is 0 Å². The molecule has 10 heteroatoms. The molecule has 2 atom stereocenters. The Morgan fingerprint density at radius 1 is 1.03 bits per heavy atom. The summed E-state index contributed by atoms with van der Waals surface area (Å²) in [6.45, 7) is 0.361. The second kappa shape index (κ2) is 9.84. The Bertz CT molecular complexity index is 1100. The molecule has 0 spiro atoms. The van der Waals surface area contributed by atoms with Crippen LogP contribution in [0.2, 0.25) is 0 Å². The van der Waals surface area contributed by atoms with Crippen molar-refractivity contribution in [1.82, 2.24) is 10.2 Å². The summed E-state index contributed by atoms with van der Waals surface area (Å²) in [4.78, 5) is 43.0. The topological polar surface area (TPSA) is 97.4 Å². The number of imide groups is 1. The second-order valence-corrected chi connectivity index (χ2v) is 8.88. The van der Waals surface area contributed by atoms with E-state index < -0.39 is 6.04 Å². The average Bonchev–Trinajstić information content (AvgIpc) is 3.12. The Morgan fingerprint density at radius 3 is 2.35 bits per heavy atom. The van der Waals surface area contributed by atoms with E-state index in [9.17, 15) is 14.4 Å². The van der Waals surface area contributed by atoms with Crippen LogP contribution in [0.4, 0.5) is 10.5 Å². The third-order valence-corrected chi connectivity index (χ3v) is 6.85. The third-order valence-electron chi connectivity index (χ3n) is 6.13. The van der Waals surface area contributed by atoms with Crippen molar-refractivity contribution >= 4 is 35.3 Å². The van der Waals surface area contributed by atoms with Crippen LogP contribution in [-0.2, 0) is 4.79 Å². The van der Waals surface area contributed by atoms with E-state index in [0.717, 1.165) is 9.80 Å². The first kappa shape index (κ1) is 23.7. The van der Waals surface area contributed by atoms with Crippen LogP contribution in [0, 0.1) is 0 Å². The summed E-state index contributed by atoms with van der Waals surface area (Å²) in [7, 11) is 4.54. The molecule has 4 rings (SSSR count). The number of urea groups is 1. The highest BCUT2D eigenvalue weighted by atomic mass is 32.2. The summed E-state index contributed by atoms with van der Waals surface area (Å²) in [5, 5.41) is 3.01. The second-order valence-electron chi connectivity index (χ2n) is 8.00. The van der Waals surface area contributed by atoms with Crippen molar-refractivity contribution in [2.75, 3.05) is 39.0 Å². The monoisotopic (exact) mass is 485 g/mol. The molecule has 2 heterocycles. The van der Waals surface area contributed by atoms with Gasteiger partial charge in [0.1, 0.15) is 23.3 Å². The fourth-order valence-corrected chi connectivity index (χ4v) is 4.77. The highest BCUT2D eigenvalue weighted by Gasteiger charge is 2.49. The predicted octanol–water partition coefficient (Wildman–Crippen LogP) is 3.16. The first-order chi connectivity index (χ1) is 16.4. The van der Waals surface area contributed by atoms with E-state index in [2.05, 4.69) is 5.32 Å². The molecule has 34 heavy (non-hydrogen) atoms. The zero-order valence-electron chi connectivity index (χ0n) is 19.5. The standard InChI is InChI=1S/C24H27N3O6S/c1-31-16-10-15(11-17(12-16)32-2)27-23(29)20-9-14(7-8-26(20)24(27)30)25-22(28)19-6-5-18(34-4)13-21(19)33-3/h5-6,10-14,20H,7-9H2,1-4H3,(H,25,28)/t14-,20+/m0/s1. The van der Waals surface area contributed by atoms with Crippen LogP contribution in [0.25, 0.3) is 0 Å². The Balaban J connectivity index is 1.51. The van der Waals surface area contributed by atoms with Gasteiger partial charge < -0.3 is 24.4 Å². The van der Waals surface area contributed by atoms with Crippen LogP contribution in [0.3, 0.4) is 0 Å². The summed E-state index contributed by atoms with van der Waals surface area (Å²) in [6.07, 6.45) is 2.83. The van der Waals surface area contributed by atoms with Crippen LogP contribution in [0.5, 0.6) is 17.2 Å². The highest BCUT2D eigenvalue weighted by Crippen LogP contribution is 2.35. The number of anilines is 1. The number of nitrogens with zero attached hydrogens (tertiary/aromatic N) is 2. The number of nitrogens with one attached hydrogen (secondary N) is 1. The minimum Gasteiger partial charge on any atom is -0.497 e. The Labute approximate surface area is 202 Å². The molecule has 180 valence electrons. The number of amides is 4. The van der Waals surface area contributed by atoms with Crippen molar-refractivity contribution < 1.29 is 28.6 Å². The number of carbonyl (C=O) groups excluding carboxylic acids is 3. The molecular weight excluding hydrogens is 458 g/mol. The summed E-state index contributed by atoms with van der Waals surface area (Å²) in [6, 6.07) is 9.06. The maximum absolute atomic E-state index is 13.3. The minimum absolute atomic E-state index is 0.254. The van der Waals surface area contributed by atoms with Crippen LogP contribution in [0.1, 0.15) is 23.2 Å². The van der Waals surface area contributed by atoms with E-state index >= 15 is 0 Å². The summed E-state index contributed by atoms with van der Waals surface area (Å²) < 4.78 is 16.0. The molecule has 2 aliphatic heterocycles. The lowest BCUT2D eigenvalue weighted by atomic mass is 9.97. The van der Waals surface area contributed by atoms with Gasteiger partial charge in [0, 0.05) is 35.7 Å². The maximum atomic E-state index is 13.3. The van der Waals surface area contributed by atoms with Crippen molar-refractivity contribution in [3.8, 4) is 17.2 Å². The van der Waals surface area contributed by atoms with Gasteiger partial charge in [-0.15, -0.1) is 11.8 Å². The number of methoxy groups -OCH3 is 3. The number of carbonyl (C=O) groups is 3. The van der Waals surface area contributed by atoms with E-state index in [1.54, 1.807) is 40.9 Å². The zero-order valence-corrected chi connectivity index (χ0v) is 20.3. The summed E-state index contributed by atoms with van der Waals surface area (Å²) in [5.74, 6) is 0.847. The van der Waals surface area contributed by atoms with Crippen molar-refractivity contribution in [2.45, 2.75) is 29.8 Å². The molecule has 2 aromatic carbocycles. The van der Waals surface area contributed by atoms with Crippen LogP contribution < -0.4 is 24.4 Å². The number of benzene rings is 2. The smallest absolute Gasteiger partial charge is 0.332 e. The molecule has 0 aliphatic carbocycles. The number of fused-ring (bicyclic) bond motifs is 1. The first-order valence-electron chi connectivity index (χ1n) is 10.8. The van der Waals surface area contributed by atoms with Gasteiger partial charge in [-0.1, -0.05) is 0 Å². The van der Waals surface area contributed by atoms with E-state index in [1.807, 2.05) is 18.4 Å². The molecule has 0 bridgehead atoms. The van der Waals surface area contributed by atoms with Gasteiger partial charge in [-0.3, -0.25) is 9.59 Å². The van der Waals surface area contributed by atoms with E-state index in [1.165, 1.54) is 21.3 Å². The molecule has 2 aliphatic rings. The number of hydrogen-bond donors (Lipinski definition) is 1. The number of ether oxygens (including phenoxy) is 3. The van der Waals surface area contributed by atoms with Crippen molar-refractivity contribution in [1.29, 1.82) is 0 Å². The van der Waals surface area contributed by atoms with Gasteiger partial charge in [-0.25, -0.2) is 9.69 Å². The van der Waals surface area contributed by atoms with Gasteiger partial charge in [-0.2, -0.15) is 0 Å². The number of hydrogen-bond acceptors (Lipinski definition) is 7. The van der Waals surface area contributed by atoms with Gasteiger partial charge >= 0.3 is 6.03 Å². The lowest BCUT2D eigenvalue weighted by Crippen LogP contribution is -2.49. The lowest BCUT2D eigenvalue weighted by Gasteiger charge is -2.32. The first-order valence-corrected chi connectivity index (χ1v) is 12.0. The molecule has 0 radical (unpaired) electrons.